The maximum absolute atomic E-state index is 13.1. The summed E-state index contributed by atoms with van der Waals surface area (Å²) < 4.78 is 13.1. The van der Waals surface area contributed by atoms with Crippen LogP contribution in [0.5, 0.6) is 0 Å². The lowest BCUT2D eigenvalue weighted by molar-refractivity contribution is -0.125. The number of hydrogen-bond acceptors (Lipinski definition) is 1. The summed E-state index contributed by atoms with van der Waals surface area (Å²) in [5.74, 6) is 0.209. The molecule has 1 saturated carbocycles. The zero-order valence-corrected chi connectivity index (χ0v) is 10.4. The molecule has 0 heterocycles. The van der Waals surface area contributed by atoms with Crippen LogP contribution in [0.3, 0.4) is 0 Å². The van der Waals surface area contributed by atoms with E-state index < -0.39 is 0 Å². The van der Waals surface area contributed by atoms with Gasteiger partial charge in [0.25, 0.3) is 0 Å². The van der Waals surface area contributed by atoms with E-state index in [1.165, 1.54) is 18.9 Å². The number of amides is 1. The van der Waals surface area contributed by atoms with Crippen molar-refractivity contribution in [2.24, 2.45) is 5.92 Å². The molecule has 1 N–H and O–H groups in total. The van der Waals surface area contributed by atoms with Gasteiger partial charge in [-0.1, -0.05) is 18.9 Å². The number of carbonyl (C=O) groups is 1. The second kappa shape index (κ2) is 4.71. The molecule has 2 nitrogen and oxygen atoms in total. The summed E-state index contributed by atoms with van der Waals surface area (Å²) in [5.41, 5.74) is 2.15. The molecule has 3 rings (SSSR count). The van der Waals surface area contributed by atoms with Crippen LogP contribution in [0.25, 0.3) is 0 Å². The molecule has 1 fully saturated rings. The Morgan fingerprint density at radius 3 is 2.78 bits per heavy atom. The van der Waals surface area contributed by atoms with Crippen LogP contribution in [0.15, 0.2) is 18.2 Å². The Morgan fingerprint density at radius 1 is 1.22 bits per heavy atom. The Balaban J connectivity index is 1.70. The van der Waals surface area contributed by atoms with Crippen molar-refractivity contribution in [2.75, 3.05) is 0 Å². The van der Waals surface area contributed by atoms with Gasteiger partial charge in [0.1, 0.15) is 5.82 Å². The predicted molar refractivity (Wildman–Crippen MR) is 67.6 cm³/mol. The molecular weight excluding hydrogens is 229 g/mol. The number of aryl methyl sites for hydroxylation is 1. The molecule has 0 radical (unpaired) electrons. The number of fused-ring (bicyclic) bond motifs is 1. The third kappa shape index (κ3) is 2.14. The fourth-order valence-corrected chi connectivity index (χ4v) is 3.21. The van der Waals surface area contributed by atoms with Crippen LogP contribution >= 0.6 is 0 Å². The van der Waals surface area contributed by atoms with Crippen LogP contribution < -0.4 is 5.32 Å². The quantitative estimate of drug-likeness (QED) is 0.854. The van der Waals surface area contributed by atoms with Crippen molar-refractivity contribution in [3.05, 3.63) is 35.1 Å². The monoisotopic (exact) mass is 247 g/mol. The van der Waals surface area contributed by atoms with Gasteiger partial charge in [0, 0.05) is 5.92 Å². The van der Waals surface area contributed by atoms with Crippen LogP contribution in [-0.2, 0) is 11.2 Å². The Bertz CT molecular complexity index is 466. The molecule has 1 aromatic carbocycles. The molecule has 1 amide bonds. The molecule has 0 saturated heterocycles. The van der Waals surface area contributed by atoms with E-state index in [4.69, 9.17) is 0 Å². The lowest BCUT2D eigenvalue weighted by atomic mass is 10.0. The molecule has 18 heavy (non-hydrogen) atoms. The number of rotatable bonds is 2. The van der Waals surface area contributed by atoms with Crippen molar-refractivity contribution in [1.82, 2.24) is 5.32 Å². The first kappa shape index (κ1) is 11.7. The topological polar surface area (TPSA) is 29.1 Å². The fraction of sp³-hybridized carbons (Fsp3) is 0.533. The van der Waals surface area contributed by atoms with Gasteiger partial charge in [0.2, 0.25) is 5.91 Å². The number of halogens is 1. The second-order valence-electron chi connectivity index (χ2n) is 5.42. The van der Waals surface area contributed by atoms with Crippen LogP contribution in [0.2, 0.25) is 0 Å². The average Bonchev–Trinajstić information content (AvgIpc) is 2.98. The largest absolute Gasteiger partial charge is 0.349 e. The van der Waals surface area contributed by atoms with E-state index in [2.05, 4.69) is 5.32 Å². The Hall–Kier alpha value is -1.38. The highest BCUT2D eigenvalue weighted by Crippen LogP contribution is 2.33. The standard InChI is InChI=1S/C15H18FNO/c16-12-6-7-13-11(9-12)5-8-14(13)17-15(18)10-3-1-2-4-10/h6-7,9-10,14H,1-5,8H2,(H,17,18)/t14-/m1/s1. The normalized spacial score (nSPS) is 23.1. The van der Waals surface area contributed by atoms with Gasteiger partial charge in [-0.2, -0.15) is 0 Å². The number of benzene rings is 1. The van der Waals surface area contributed by atoms with E-state index in [1.54, 1.807) is 6.07 Å². The minimum absolute atomic E-state index is 0.0914. The van der Waals surface area contributed by atoms with Crippen LogP contribution in [-0.4, -0.2) is 5.91 Å². The summed E-state index contributed by atoms with van der Waals surface area (Å²) in [7, 11) is 0. The van der Waals surface area contributed by atoms with E-state index >= 15 is 0 Å². The van der Waals surface area contributed by atoms with Gasteiger partial charge < -0.3 is 5.32 Å². The van der Waals surface area contributed by atoms with Crippen molar-refractivity contribution in [2.45, 2.75) is 44.6 Å². The first-order chi connectivity index (χ1) is 8.74. The molecule has 0 aromatic heterocycles. The molecule has 2 aliphatic rings. The molecule has 0 aliphatic heterocycles. The Labute approximate surface area is 107 Å². The van der Waals surface area contributed by atoms with Gasteiger partial charge in [-0.25, -0.2) is 4.39 Å². The molecule has 96 valence electrons. The summed E-state index contributed by atoms with van der Waals surface area (Å²) in [4.78, 5) is 12.1. The van der Waals surface area contributed by atoms with Crippen molar-refractivity contribution in [3.63, 3.8) is 0 Å². The Morgan fingerprint density at radius 2 is 2.00 bits per heavy atom. The van der Waals surface area contributed by atoms with Gasteiger partial charge in [0.05, 0.1) is 6.04 Å². The van der Waals surface area contributed by atoms with Gasteiger partial charge in [0.15, 0.2) is 0 Å². The lowest BCUT2D eigenvalue weighted by Gasteiger charge is -2.17. The fourth-order valence-electron chi connectivity index (χ4n) is 3.21. The predicted octanol–water partition coefficient (Wildman–Crippen LogP) is 3.12. The van der Waals surface area contributed by atoms with Crippen molar-refractivity contribution in [1.29, 1.82) is 0 Å². The number of carbonyl (C=O) groups excluding carboxylic acids is 1. The summed E-state index contributed by atoms with van der Waals surface area (Å²) in [6, 6.07) is 4.99. The highest BCUT2D eigenvalue weighted by molar-refractivity contribution is 5.79. The van der Waals surface area contributed by atoms with E-state index in [9.17, 15) is 9.18 Å². The molecule has 2 aliphatic carbocycles. The summed E-state index contributed by atoms with van der Waals surface area (Å²) >= 11 is 0. The van der Waals surface area contributed by atoms with Crippen LogP contribution in [0.1, 0.15) is 49.3 Å². The maximum atomic E-state index is 13.1. The zero-order chi connectivity index (χ0) is 12.5. The molecule has 0 bridgehead atoms. The molecular formula is C15H18FNO. The minimum atomic E-state index is -0.184. The summed E-state index contributed by atoms with van der Waals surface area (Å²) in [6.07, 6.45) is 6.15. The third-order valence-electron chi connectivity index (χ3n) is 4.23. The van der Waals surface area contributed by atoms with Gasteiger partial charge >= 0.3 is 0 Å². The van der Waals surface area contributed by atoms with E-state index in [0.29, 0.717) is 0 Å². The highest BCUT2D eigenvalue weighted by atomic mass is 19.1. The van der Waals surface area contributed by atoms with E-state index in [0.717, 1.165) is 36.8 Å². The summed E-state index contributed by atoms with van der Waals surface area (Å²) in [5, 5.41) is 3.14. The van der Waals surface area contributed by atoms with E-state index in [1.807, 2.05) is 6.07 Å². The number of nitrogens with one attached hydrogen (secondary N) is 1. The van der Waals surface area contributed by atoms with Gasteiger partial charge in [-0.15, -0.1) is 0 Å². The molecule has 1 aromatic rings. The van der Waals surface area contributed by atoms with Crippen LogP contribution in [0, 0.1) is 11.7 Å². The van der Waals surface area contributed by atoms with Crippen molar-refractivity contribution in [3.8, 4) is 0 Å². The second-order valence-corrected chi connectivity index (χ2v) is 5.42. The lowest BCUT2D eigenvalue weighted by Crippen LogP contribution is -2.32. The van der Waals surface area contributed by atoms with Crippen molar-refractivity contribution >= 4 is 5.91 Å². The minimum Gasteiger partial charge on any atom is -0.349 e. The Kier molecular flexibility index (Phi) is 3.06. The number of hydrogen-bond donors (Lipinski definition) is 1. The molecule has 1 atom stereocenters. The smallest absolute Gasteiger partial charge is 0.223 e. The average molecular weight is 247 g/mol. The SMILES string of the molecule is O=C(N[C@@H]1CCc2cc(F)ccc21)C1CCCC1. The van der Waals surface area contributed by atoms with Gasteiger partial charge in [-0.05, 0) is 48.9 Å². The molecule has 0 spiro atoms. The zero-order valence-electron chi connectivity index (χ0n) is 10.4. The van der Waals surface area contributed by atoms with Gasteiger partial charge in [-0.3, -0.25) is 4.79 Å². The van der Waals surface area contributed by atoms with Crippen LogP contribution in [0.4, 0.5) is 4.39 Å². The van der Waals surface area contributed by atoms with E-state index in [-0.39, 0.29) is 23.7 Å². The van der Waals surface area contributed by atoms with Crippen molar-refractivity contribution < 1.29 is 9.18 Å². The highest BCUT2D eigenvalue weighted by Gasteiger charge is 2.28. The first-order valence-electron chi connectivity index (χ1n) is 6.83. The first-order valence-corrected chi connectivity index (χ1v) is 6.83. The summed E-state index contributed by atoms with van der Waals surface area (Å²) in [6.45, 7) is 0. The molecule has 0 unspecified atom stereocenters. The third-order valence-corrected chi connectivity index (χ3v) is 4.23. The molecule has 3 heteroatoms. The maximum Gasteiger partial charge on any atom is 0.223 e.